The van der Waals surface area contributed by atoms with Gasteiger partial charge in [0.2, 0.25) is 5.91 Å². The van der Waals surface area contributed by atoms with Gasteiger partial charge in [-0.1, -0.05) is 6.92 Å². The van der Waals surface area contributed by atoms with Crippen LogP contribution in [0.1, 0.15) is 39.0 Å². The zero-order valence-electron chi connectivity index (χ0n) is 10.3. The van der Waals surface area contributed by atoms with Crippen molar-refractivity contribution in [1.29, 1.82) is 0 Å². The Morgan fingerprint density at radius 1 is 1.56 bits per heavy atom. The molecule has 0 radical (unpaired) electrons. The third kappa shape index (κ3) is 4.34. The number of amides is 1. The first kappa shape index (κ1) is 15.0. The molecule has 1 rings (SSSR count). The third-order valence-corrected chi connectivity index (χ3v) is 3.70. The van der Waals surface area contributed by atoms with Crippen LogP contribution < -0.4 is 11.1 Å². The minimum absolute atomic E-state index is 0.00858. The van der Waals surface area contributed by atoms with E-state index in [2.05, 4.69) is 22.8 Å². The molecule has 0 heterocycles. The molecule has 0 saturated heterocycles. The summed E-state index contributed by atoms with van der Waals surface area (Å²) < 4.78 is 0. The molecule has 1 aliphatic carbocycles. The van der Waals surface area contributed by atoms with Gasteiger partial charge in [0, 0.05) is 6.04 Å². The molecule has 0 aromatic carbocycles. The second-order valence-corrected chi connectivity index (χ2v) is 5.35. The summed E-state index contributed by atoms with van der Waals surface area (Å²) in [5, 5.41) is 12.2. The van der Waals surface area contributed by atoms with Gasteiger partial charge in [-0.05, 0) is 32.1 Å². The summed E-state index contributed by atoms with van der Waals surface area (Å²) in [5.41, 5.74) is 5.71. The largest absolute Gasteiger partial charge is 0.351 e. The molecular formula is C10H19N3O4S. The molecule has 104 valence electrons. The molecular weight excluding hydrogens is 258 g/mol. The minimum atomic E-state index is -1.16. The van der Waals surface area contributed by atoms with E-state index in [4.69, 9.17) is 5.73 Å². The Labute approximate surface area is 111 Å². The second kappa shape index (κ2) is 6.24. The second-order valence-electron chi connectivity index (χ2n) is 4.55. The maximum atomic E-state index is 11.8. The number of carbonyl (C=O) groups is 1. The first-order valence-electron chi connectivity index (χ1n) is 5.98. The predicted octanol–water partition coefficient (Wildman–Crippen LogP) is 0.617. The van der Waals surface area contributed by atoms with E-state index in [9.17, 15) is 14.9 Å². The first-order chi connectivity index (χ1) is 8.35. The molecule has 1 amide bonds. The van der Waals surface area contributed by atoms with E-state index in [0.29, 0.717) is 32.1 Å². The lowest BCUT2D eigenvalue weighted by Gasteiger charge is -2.30. The number of hydrogen-bond donors (Lipinski definition) is 3. The summed E-state index contributed by atoms with van der Waals surface area (Å²) >= 11 is 4.10. The van der Waals surface area contributed by atoms with Gasteiger partial charge in [-0.15, -0.1) is 22.7 Å². The molecule has 18 heavy (non-hydrogen) atoms. The van der Waals surface area contributed by atoms with Gasteiger partial charge in [0.05, 0.1) is 0 Å². The van der Waals surface area contributed by atoms with E-state index in [1.165, 1.54) is 0 Å². The van der Waals surface area contributed by atoms with Gasteiger partial charge < -0.3 is 15.9 Å². The Kier molecular flexibility index (Phi) is 5.21. The Morgan fingerprint density at radius 2 is 2.11 bits per heavy atom. The fraction of sp³-hybridized carbons (Fsp3) is 0.900. The maximum Gasteiger partial charge on any atom is 0.294 e. The highest BCUT2D eigenvalue weighted by molar-refractivity contribution is 7.82. The molecule has 3 N–H and O–H groups in total. The number of thiol groups is 1. The quantitative estimate of drug-likeness (QED) is 0.295. The molecule has 1 saturated carbocycles. The molecule has 0 spiro atoms. The highest BCUT2D eigenvalue weighted by Crippen LogP contribution is 2.22. The SMILES string of the molecule is CCC(N)(S)C(=O)NC1CCC(O[N+](=O)[O-])CC1. The molecule has 0 aromatic rings. The maximum absolute atomic E-state index is 11.8. The first-order valence-corrected chi connectivity index (χ1v) is 6.43. The van der Waals surface area contributed by atoms with Crippen LogP contribution in [-0.4, -0.2) is 28.0 Å². The number of rotatable bonds is 5. The number of carbonyl (C=O) groups excluding carboxylic acids is 1. The lowest BCUT2D eigenvalue weighted by molar-refractivity contribution is -0.769. The Morgan fingerprint density at radius 3 is 2.56 bits per heavy atom. The van der Waals surface area contributed by atoms with Crippen LogP contribution in [0.2, 0.25) is 0 Å². The highest BCUT2D eigenvalue weighted by atomic mass is 32.1. The van der Waals surface area contributed by atoms with Gasteiger partial charge in [0.25, 0.3) is 5.09 Å². The van der Waals surface area contributed by atoms with Crippen LogP contribution >= 0.6 is 12.6 Å². The van der Waals surface area contributed by atoms with Crippen LogP contribution in [-0.2, 0) is 9.63 Å². The summed E-state index contributed by atoms with van der Waals surface area (Å²) in [6.07, 6.45) is 2.49. The minimum Gasteiger partial charge on any atom is -0.351 e. The third-order valence-electron chi connectivity index (χ3n) is 3.18. The zero-order chi connectivity index (χ0) is 13.8. The highest BCUT2D eigenvalue weighted by Gasteiger charge is 2.31. The van der Waals surface area contributed by atoms with Crippen molar-refractivity contribution in [3.8, 4) is 0 Å². The van der Waals surface area contributed by atoms with Gasteiger partial charge in [0.1, 0.15) is 11.0 Å². The van der Waals surface area contributed by atoms with E-state index < -0.39 is 9.96 Å². The molecule has 7 nitrogen and oxygen atoms in total. The normalized spacial score (nSPS) is 27.1. The average Bonchev–Trinajstić information content (AvgIpc) is 2.31. The summed E-state index contributed by atoms with van der Waals surface area (Å²) in [7, 11) is 0. The lowest BCUT2D eigenvalue weighted by Crippen LogP contribution is -2.53. The monoisotopic (exact) mass is 277 g/mol. The Hall–Kier alpha value is -1.02. The molecule has 0 aromatic heterocycles. The number of nitrogens with zero attached hydrogens (tertiary/aromatic N) is 1. The summed E-state index contributed by atoms with van der Waals surface area (Å²) in [4.78, 5) is 25.3. The van der Waals surface area contributed by atoms with E-state index in [0.717, 1.165) is 0 Å². The lowest BCUT2D eigenvalue weighted by atomic mass is 9.93. The fourth-order valence-electron chi connectivity index (χ4n) is 1.91. The van der Waals surface area contributed by atoms with Gasteiger partial charge in [-0.25, -0.2) is 0 Å². The van der Waals surface area contributed by atoms with Crippen LogP contribution in [0.4, 0.5) is 0 Å². The van der Waals surface area contributed by atoms with Crippen molar-refractivity contribution in [2.45, 2.75) is 56.0 Å². The van der Waals surface area contributed by atoms with Crippen LogP contribution in [0.5, 0.6) is 0 Å². The standard InChI is InChI=1S/C10H19N3O4S/c1-2-10(11,18)9(14)12-7-3-5-8(6-4-7)17-13(15)16/h7-8,18H,2-6,11H2,1H3,(H,12,14). The van der Waals surface area contributed by atoms with Crippen molar-refractivity contribution in [1.82, 2.24) is 5.32 Å². The Bertz CT molecular complexity index is 316. The molecule has 1 aliphatic rings. The fourth-order valence-corrected chi connectivity index (χ4v) is 1.97. The van der Waals surface area contributed by atoms with Gasteiger partial charge in [-0.2, -0.15) is 0 Å². The van der Waals surface area contributed by atoms with Crippen molar-refractivity contribution in [2.24, 2.45) is 5.73 Å². The van der Waals surface area contributed by atoms with Crippen molar-refractivity contribution >= 4 is 18.5 Å². The summed E-state index contributed by atoms with van der Waals surface area (Å²) in [6.45, 7) is 1.79. The van der Waals surface area contributed by atoms with Crippen LogP contribution in [0, 0.1) is 10.1 Å². The van der Waals surface area contributed by atoms with Crippen molar-refractivity contribution in [3.05, 3.63) is 10.1 Å². The molecule has 0 aliphatic heterocycles. The van der Waals surface area contributed by atoms with Crippen LogP contribution in [0.15, 0.2) is 0 Å². The van der Waals surface area contributed by atoms with Crippen molar-refractivity contribution in [3.63, 3.8) is 0 Å². The van der Waals surface area contributed by atoms with Gasteiger partial charge >= 0.3 is 0 Å². The van der Waals surface area contributed by atoms with E-state index in [1.54, 1.807) is 6.92 Å². The smallest absolute Gasteiger partial charge is 0.294 e. The topological polar surface area (TPSA) is 107 Å². The number of nitrogens with two attached hydrogens (primary N) is 1. The van der Waals surface area contributed by atoms with E-state index in [-0.39, 0.29) is 18.1 Å². The molecule has 8 heteroatoms. The number of hydrogen-bond acceptors (Lipinski definition) is 6. The molecule has 1 atom stereocenters. The average molecular weight is 277 g/mol. The van der Waals surface area contributed by atoms with E-state index in [1.807, 2.05) is 0 Å². The van der Waals surface area contributed by atoms with Crippen molar-refractivity contribution < 1.29 is 14.7 Å². The number of nitrogens with one attached hydrogen (secondary N) is 1. The Balaban J connectivity index is 2.36. The molecule has 1 unspecified atom stereocenters. The van der Waals surface area contributed by atoms with E-state index >= 15 is 0 Å². The zero-order valence-corrected chi connectivity index (χ0v) is 11.2. The molecule has 1 fully saturated rings. The predicted molar refractivity (Wildman–Crippen MR) is 68.5 cm³/mol. The van der Waals surface area contributed by atoms with Gasteiger partial charge in [-0.3, -0.25) is 4.79 Å². The van der Waals surface area contributed by atoms with Gasteiger partial charge in [0.15, 0.2) is 0 Å². The van der Waals surface area contributed by atoms with Crippen molar-refractivity contribution in [2.75, 3.05) is 0 Å². The van der Waals surface area contributed by atoms with Crippen LogP contribution in [0.25, 0.3) is 0 Å². The van der Waals surface area contributed by atoms with Crippen LogP contribution in [0.3, 0.4) is 0 Å². The summed E-state index contributed by atoms with van der Waals surface area (Å²) in [5.74, 6) is -0.299. The molecule has 0 bridgehead atoms. The summed E-state index contributed by atoms with van der Waals surface area (Å²) in [6, 6.07) is -0.00858.